The predicted molar refractivity (Wildman–Crippen MR) is 109 cm³/mol. The molecule has 2 heterocycles. The van der Waals surface area contributed by atoms with Gasteiger partial charge in [0.25, 0.3) is 0 Å². The van der Waals surface area contributed by atoms with Crippen LogP contribution >= 0.6 is 11.3 Å². The summed E-state index contributed by atoms with van der Waals surface area (Å²) in [4.78, 5) is 0.678. The van der Waals surface area contributed by atoms with Crippen LogP contribution in [0.3, 0.4) is 0 Å². The summed E-state index contributed by atoms with van der Waals surface area (Å²) in [6, 6.07) is 11.5. The minimum atomic E-state index is 0.355. The fourth-order valence-electron chi connectivity index (χ4n) is 2.96. The van der Waals surface area contributed by atoms with E-state index < -0.39 is 0 Å². The standard InChI is InChI=1S/C20H20N4O4S/c1-12-7-5-6-8-14(12)28-11-17-23-24-19(21-22-20(24)29-17)13-9-15(25-2)18(27-4)16(10-13)26-3/h5-10H,11H2,1-4H3. The van der Waals surface area contributed by atoms with Crippen LogP contribution in [0.1, 0.15) is 10.6 Å². The number of rotatable bonds is 7. The molecule has 0 radical (unpaired) electrons. The largest absolute Gasteiger partial charge is 0.493 e. The van der Waals surface area contributed by atoms with Gasteiger partial charge >= 0.3 is 0 Å². The molecule has 0 amide bonds. The van der Waals surface area contributed by atoms with Crippen LogP contribution in [0.15, 0.2) is 36.4 Å². The first-order chi connectivity index (χ1) is 14.1. The van der Waals surface area contributed by atoms with Crippen LogP contribution < -0.4 is 18.9 Å². The molecule has 4 rings (SSSR count). The molecule has 29 heavy (non-hydrogen) atoms. The van der Waals surface area contributed by atoms with Gasteiger partial charge in [-0.3, -0.25) is 0 Å². The van der Waals surface area contributed by atoms with Crippen LogP contribution in [0, 0.1) is 6.92 Å². The molecule has 0 fully saturated rings. The summed E-state index contributed by atoms with van der Waals surface area (Å²) < 4.78 is 23.8. The number of methoxy groups -OCH3 is 3. The summed E-state index contributed by atoms with van der Waals surface area (Å²) in [6.45, 7) is 2.37. The molecule has 9 heteroatoms. The molecule has 0 aliphatic rings. The highest BCUT2D eigenvalue weighted by atomic mass is 32.1. The van der Waals surface area contributed by atoms with E-state index in [0.717, 1.165) is 21.9 Å². The molecule has 0 bridgehead atoms. The Hall–Kier alpha value is -3.33. The zero-order chi connectivity index (χ0) is 20.4. The quantitative estimate of drug-likeness (QED) is 0.457. The van der Waals surface area contributed by atoms with Gasteiger partial charge in [-0.2, -0.15) is 9.61 Å². The molecule has 0 spiro atoms. The maximum Gasteiger partial charge on any atom is 0.235 e. The second-order valence-corrected chi connectivity index (χ2v) is 7.22. The van der Waals surface area contributed by atoms with Crippen molar-refractivity contribution < 1.29 is 18.9 Å². The molecule has 0 atom stereocenters. The van der Waals surface area contributed by atoms with Crippen molar-refractivity contribution in [1.29, 1.82) is 0 Å². The van der Waals surface area contributed by atoms with E-state index in [2.05, 4.69) is 15.3 Å². The number of hydrogen-bond donors (Lipinski definition) is 0. The third-order valence-corrected chi connectivity index (χ3v) is 5.27. The number of hydrogen-bond acceptors (Lipinski definition) is 8. The van der Waals surface area contributed by atoms with E-state index in [1.165, 1.54) is 11.3 Å². The van der Waals surface area contributed by atoms with Crippen molar-refractivity contribution in [1.82, 2.24) is 19.8 Å². The predicted octanol–water partition coefficient (Wildman–Crippen LogP) is 3.77. The maximum atomic E-state index is 5.90. The Morgan fingerprint density at radius 3 is 2.31 bits per heavy atom. The molecule has 0 saturated carbocycles. The molecule has 8 nitrogen and oxygen atoms in total. The first-order valence-corrected chi connectivity index (χ1v) is 9.66. The molecule has 0 unspecified atom stereocenters. The minimum Gasteiger partial charge on any atom is -0.493 e. The van der Waals surface area contributed by atoms with Crippen molar-refractivity contribution in [3.05, 3.63) is 47.0 Å². The molecule has 150 valence electrons. The molecule has 0 N–H and O–H groups in total. The fourth-order valence-corrected chi connectivity index (χ4v) is 3.71. The molecule has 2 aromatic carbocycles. The van der Waals surface area contributed by atoms with Crippen LogP contribution in [0.25, 0.3) is 16.3 Å². The van der Waals surface area contributed by atoms with Gasteiger partial charge in [-0.05, 0) is 30.7 Å². The van der Waals surface area contributed by atoms with E-state index in [4.69, 9.17) is 18.9 Å². The Labute approximate surface area is 171 Å². The SMILES string of the molecule is COc1cc(-c2nnc3sc(COc4ccccc4C)nn23)cc(OC)c1OC. The van der Waals surface area contributed by atoms with Crippen LogP contribution in [0.4, 0.5) is 0 Å². The molecular weight excluding hydrogens is 392 g/mol. The van der Waals surface area contributed by atoms with Gasteiger partial charge < -0.3 is 18.9 Å². The molecule has 0 aliphatic heterocycles. The first kappa shape index (κ1) is 19.0. The number of benzene rings is 2. The molecule has 2 aromatic heterocycles. The number of para-hydroxylation sites is 1. The number of ether oxygens (including phenoxy) is 4. The van der Waals surface area contributed by atoms with Crippen molar-refractivity contribution >= 4 is 16.3 Å². The van der Waals surface area contributed by atoms with Gasteiger partial charge in [-0.1, -0.05) is 29.5 Å². The zero-order valence-electron chi connectivity index (χ0n) is 16.5. The molecule has 4 aromatic rings. The second-order valence-electron chi connectivity index (χ2n) is 6.18. The van der Waals surface area contributed by atoms with E-state index in [1.54, 1.807) is 25.8 Å². The van der Waals surface area contributed by atoms with Gasteiger partial charge in [0, 0.05) is 5.56 Å². The molecule has 0 saturated heterocycles. The lowest BCUT2D eigenvalue weighted by Gasteiger charge is -2.13. The van der Waals surface area contributed by atoms with E-state index in [-0.39, 0.29) is 0 Å². The third kappa shape index (κ3) is 3.56. The summed E-state index contributed by atoms with van der Waals surface area (Å²) in [5.74, 6) is 3.01. The highest BCUT2D eigenvalue weighted by Crippen LogP contribution is 2.41. The minimum absolute atomic E-state index is 0.355. The van der Waals surface area contributed by atoms with Crippen LogP contribution in [-0.2, 0) is 6.61 Å². The number of fused-ring (bicyclic) bond motifs is 1. The Balaban J connectivity index is 1.67. The normalized spacial score (nSPS) is 10.9. The highest BCUT2D eigenvalue weighted by Gasteiger charge is 2.19. The van der Waals surface area contributed by atoms with Gasteiger partial charge in [0.15, 0.2) is 22.3 Å². The lowest BCUT2D eigenvalue weighted by molar-refractivity contribution is 0.302. The molecule has 0 aliphatic carbocycles. The average Bonchev–Trinajstić information content (AvgIpc) is 3.32. The van der Waals surface area contributed by atoms with E-state index in [9.17, 15) is 0 Å². The number of nitrogens with zero attached hydrogens (tertiary/aromatic N) is 4. The summed E-state index contributed by atoms with van der Waals surface area (Å²) >= 11 is 1.43. The van der Waals surface area contributed by atoms with Gasteiger partial charge in [0.2, 0.25) is 10.7 Å². The van der Waals surface area contributed by atoms with Crippen molar-refractivity contribution in [2.75, 3.05) is 21.3 Å². The lowest BCUT2D eigenvalue weighted by atomic mass is 10.1. The molecular formula is C20H20N4O4S. The van der Waals surface area contributed by atoms with Crippen LogP contribution in [-0.4, -0.2) is 41.1 Å². The smallest absolute Gasteiger partial charge is 0.235 e. The second kappa shape index (κ2) is 7.96. The number of aryl methyl sites for hydroxylation is 1. The van der Waals surface area contributed by atoms with E-state index in [0.29, 0.717) is 34.6 Å². The summed E-state index contributed by atoms with van der Waals surface area (Å²) in [5, 5.41) is 13.9. The Bertz CT molecular complexity index is 1130. The Kier molecular flexibility index (Phi) is 5.22. The fraction of sp³-hybridized carbons (Fsp3) is 0.250. The van der Waals surface area contributed by atoms with Gasteiger partial charge in [0.1, 0.15) is 12.4 Å². The topological polar surface area (TPSA) is 80.0 Å². The first-order valence-electron chi connectivity index (χ1n) is 8.84. The van der Waals surface area contributed by atoms with Gasteiger partial charge in [-0.25, -0.2) is 0 Å². The summed E-state index contributed by atoms with van der Waals surface area (Å²) in [7, 11) is 4.71. The highest BCUT2D eigenvalue weighted by molar-refractivity contribution is 7.16. The van der Waals surface area contributed by atoms with Gasteiger partial charge in [0.05, 0.1) is 21.3 Å². The summed E-state index contributed by atoms with van der Waals surface area (Å²) in [5.41, 5.74) is 1.83. The van der Waals surface area contributed by atoms with Gasteiger partial charge in [-0.15, -0.1) is 10.2 Å². The van der Waals surface area contributed by atoms with Crippen LogP contribution in [0.5, 0.6) is 23.0 Å². The lowest BCUT2D eigenvalue weighted by Crippen LogP contribution is -1.99. The van der Waals surface area contributed by atoms with Crippen molar-refractivity contribution in [2.24, 2.45) is 0 Å². The van der Waals surface area contributed by atoms with Crippen LogP contribution in [0.2, 0.25) is 0 Å². The van der Waals surface area contributed by atoms with Crippen molar-refractivity contribution in [3.63, 3.8) is 0 Å². The van der Waals surface area contributed by atoms with Crippen molar-refractivity contribution in [2.45, 2.75) is 13.5 Å². The Morgan fingerprint density at radius 1 is 0.931 bits per heavy atom. The number of aromatic nitrogens is 4. The maximum absolute atomic E-state index is 5.90. The van der Waals surface area contributed by atoms with E-state index in [1.807, 2.05) is 43.3 Å². The summed E-state index contributed by atoms with van der Waals surface area (Å²) in [6.07, 6.45) is 0. The van der Waals surface area contributed by atoms with E-state index >= 15 is 0 Å². The zero-order valence-corrected chi connectivity index (χ0v) is 17.3. The van der Waals surface area contributed by atoms with Crippen molar-refractivity contribution in [3.8, 4) is 34.4 Å². The monoisotopic (exact) mass is 412 g/mol. The Morgan fingerprint density at radius 2 is 1.66 bits per heavy atom. The average molecular weight is 412 g/mol. The third-order valence-electron chi connectivity index (χ3n) is 4.40.